The number of aryl methyl sites for hydroxylation is 1. The van der Waals surface area contributed by atoms with Gasteiger partial charge >= 0.3 is 6.03 Å². The highest BCUT2D eigenvalue weighted by Crippen LogP contribution is 2.30. The minimum Gasteiger partial charge on any atom is -0.495 e. The van der Waals surface area contributed by atoms with Gasteiger partial charge in [-0.1, -0.05) is 11.6 Å². The summed E-state index contributed by atoms with van der Waals surface area (Å²) in [7, 11) is 1.55. The van der Waals surface area contributed by atoms with Crippen LogP contribution in [0.25, 0.3) is 0 Å². The first-order valence-electron chi connectivity index (χ1n) is 5.66. The molecule has 5 heteroatoms. The molecule has 1 aromatic carbocycles. The van der Waals surface area contributed by atoms with E-state index in [0.717, 1.165) is 5.56 Å². The number of nitrogens with one attached hydrogen (secondary N) is 2. The van der Waals surface area contributed by atoms with Crippen molar-refractivity contribution in [2.45, 2.75) is 33.2 Å². The van der Waals surface area contributed by atoms with Gasteiger partial charge in [-0.3, -0.25) is 0 Å². The highest BCUT2D eigenvalue weighted by molar-refractivity contribution is 6.31. The number of halogens is 1. The van der Waals surface area contributed by atoms with Gasteiger partial charge in [0, 0.05) is 10.6 Å². The molecule has 0 aliphatic heterocycles. The Morgan fingerprint density at radius 2 is 1.94 bits per heavy atom. The predicted molar refractivity (Wildman–Crippen MR) is 74.6 cm³/mol. The van der Waals surface area contributed by atoms with Crippen LogP contribution in [-0.2, 0) is 0 Å². The highest BCUT2D eigenvalue weighted by atomic mass is 35.5. The molecule has 0 bridgehead atoms. The summed E-state index contributed by atoms with van der Waals surface area (Å²) in [6.07, 6.45) is 0. The van der Waals surface area contributed by atoms with Crippen LogP contribution >= 0.6 is 11.6 Å². The van der Waals surface area contributed by atoms with E-state index in [0.29, 0.717) is 16.5 Å². The van der Waals surface area contributed by atoms with E-state index in [9.17, 15) is 4.79 Å². The fraction of sp³-hybridized carbons (Fsp3) is 0.462. The van der Waals surface area contributed by atoms with Gasteiger partial charge < -0.3 is 15.4 Å². The third-order valence-corrected chi connectivity index (χ3v) is 2.62. The van der Waals surface area contributed by atoms with E-state index in [1.54, 1.807) is 19.2 Å². The number of carbonyl (C=O) groups is 1. The molecule has 0 aliphatic carbocycles. The van der Waals surface area contributed by atoms with Crippen molar-refractivity contribution in [3.8, 4) is 5.75 Å². The fourth-order valence-electron chi connectivity index (χ4n) is 1.42. The molecule has 4 nitrogen and oxygen atoms in total. The Labute approximate surface area is 113 Å². The summed E-state index contributed by atoms with van der Waals surface area (Å²) < 4.78 is 5.21. The zero-order valence-electron chi connectivity index (χ0n) is 11.3. The molecule has 2 N–H and O–H groups in total. The molecule has 0 radical (unpaired) electrons. The molecule has 2 amide bonds. The van der Waals surface area contributed by atoms with Gasteiger partial charge in [0.1, 0.15) is 5.75 Å². The predicted octanol–water partition coefficient (Wildman–Crippen LogP) is 3.58. The van der Waals surface area contributed by atoms with Crippen LogP contribution in [0.5, 0.6) is 5.75 Å². The quantitative estimate of drug-likeness (QED) is 0.863. The van der Waals surface area contributed by atoms with Gasteiger partial charge in [-0.25, -0.2) is 4.79 Å². The second kappa shape index (κ2) is 5.48. The topological polar surface area (TPSA) is 50.4 Å². The zero-order chi connectivity index (χ0) is 13.9. The lowest BCUT2D eigenvalue weighted by molar-refractivity contribution is 0.243. The van der Waals surface area contributed by atoms with Crippen molar-refractivity contribution in [3.63, 3.8) is 0 Å². The minimum absolute atomic E-state index is 0.291. The first kappa shape index (κ1) is 14.6. The second-order valence-corrected chi connectivity index (χ2v) is 5.54. The Hall–Kier alpha value is -1.42. The van der Waals surface area contributed by atoms with Gasteiger partial charge in [0.15, 0.2) is 0 Å². The molecular weight excluding hydrogens is 252 g/mol. The Kier molecular flexibility index (Phi) is 4.46. The minimum atomic E-state index is -0.300. The van der Waals surface area contributed by atoms with Crippen LogP contribution < -0.4 is 15.4 Å². The van der Waals surface area contributed by atoms with Gasteiger partial charge in [0.2, 0.25) is 0 Å². The molecular formula is C13H19ClN2O2. The standard InChI is InChI=1S/C13H19ClN2O2/c1-8-6-11(18-5)10(7-9(8)14)15-12(17)16-13(2,3)4/h6-7H,1-5H3,(H2,15,16,17). The number of carbonyl (C=O) groups excluding carboxylic acids is 1. The van der Waals surface area contributed by atoms with Crippen molar-refractivity contribution in [2.75, 3.05) is 12.4 Å². The van der Waals surface area contributed by atoms with Crippen LogP contribution in [-0.4, -0.2) is 18.7 Å². The van der Waals surface area contributed by atoms with Crippen LogP contribution in [0.2, 0.25) is 5.02 Å². The van der Waals surface area contributed by atoms with E-state index in [1.165, 1.54) is 0 Å². The molecule has 0 heterocycles. The monoisotopic (exact) mass is 270 g/mol. The molecule has 0 aliphatic rings. The maximum atomic E-state index is 11.8. The second-order valence-electron chi connectivity index (χ2n) is 5.13. The molecule has 0 saturated carbocycles. The van der Waals surface area contributed by atoms with E-state index in [1.807, 2.05) is 27.7 Å². The maximum Gasteiger partial charge on any atom is 0.319 e. The number of rotatable bonds is 2. The summed E-state index contributed by atoms with van der Waals surface area (Å²) >= 11 is 6.03. The lowest BCUT2D eigenvalue weighted by Crippen LogP contribution is -2.43. The van der Waals surface area contributed by atoms with E-state index < -0.39 is 0 Å². The lowest BCUT2D eigenvalue weighted by atomic mass is 10.1. The Morgan fingerprint density at radius 3 is 2.44 bits per heavy atom. The number of ether oxygens (including phenoxy) is 1. The lowest BCUT2D eigenvalue weighted by Gasteiger charge is -2.21. The van der Waals surface area contributed by atoms with Crippen molar-refractivity contribution < 1.29 is 9.53 Å². The van der Waals surface area contributed by atoms with E-state index in [2.05, 4.69) is 10.6 Å². The van der Waals surface area contributed by atoms with Crippen molar-refractivity contribution in [3.05, 3.63) is 22.7 Å². The summed E-state index contributed by atoms with van der Waals surface area (Å²) in [6, 6.07) is 3.17. The number of hydrogen-bond donors (Lipinski definition) is 2. The third kappa shape index (κ3) is 4.11. The summed E-state index contributed by atoms with van der Waals surface area (Å²) in [5.74, 6) is 0.584. The zero-order valence-corrected chi connectivity index (χ0v) is 12.1. The summed E-state index contributed by atoms with van der Waals surface area (Å²) in [5.41, 5.74) is 1.15. The fourth-order valence-corrected chi connectivity index (χ4v) is 1.58. The summed E-state index contributed by atoms with van der Waals surface area (Å²) in [6.45, 7) is 7.60. The van der Waals surface area contributed by atoms with Crippen molar-refractivity contribution >= 4 is 23.3 Å². The van der Waals surface area contributed by atoms with Crippen LogP contribution in [0.3, 0.4) is 0 Å². The Bertz CT molecular complexity index is 453. The van der Waals surface area contributed by atoms with Crippen molar-refractivity contribution in [1.29, 1.82) is 0 Å². The van der Waals surface area contributed by atoms with Crippen LogP contribution in [0.1, 0.15) is 26.3 Å². The molecule has 100 valence electrons. The normalized spacial score (nSPS) is 11.0. The van der Waals surface area contributed by atoms with E-state index >= 15 is 0 Å². The van der Waals surface area contributed by atoms with E-state index in [-0.39, 0.29) is 11.6 Å². The first-order valence-corrected chi connectivity index (χ1v) is 6.04. The average Bonchev–Trinajstić information content (AvgIpc) is 2.20. The SMILES string of the molecule is COc1cc(C)c(Cl)cc1NC(=O)NC(C)(C)C. The molecule has 18 heavy (non-hydrogen) atoms. The number of anilines is 1. The number of methoxy groups -OCH3 is 1. The molecule has 0 fully saturated rings. The Morgan fingerprint density at radius 1 is 1.33 bits per heavy atom. The van der Waals surface area contributed by atoms with Gasteiger partial charge in [0.05, 0.1) is 12.8 Å². The molecule has 1 rings (SSSR count). The number of benzene rings is 1. The number of urea groups is 1. The third-order valence-electron chi connectivity index (χ3n) is 2.22. The van der Waals surface area contributed by atoms with Gasteiger partial charge in [0.25, 0.3) is 0 Å². The molecule has 0 spiro atoms. The molecule has 1 aromatic rings. The van der Waals surface area contributed by atoms with Crippen molar-refractivity contribution in [1.82, 2.24) is 5.32 Å². The average molecular weight is 271 g/mol. The van der Waals surface area contributed by atoms with Crippen LogP contribution in [0.15, 0.2) is 12.1 Å². The number of hydrogen-bond acceptors (Lipinski definition) is 2. The molecule has 0 atom stereocenters. The van der Waals surface area contributed by atoms with Crippen molar-refractivity contribution in [2.24, 2.45) is 0 Å². The summed E-state index contributed by atoms with van der Waals surface area (Å²) in [5, 5.41) is 6.12. The van der Waals surface area contributed by atoms with Crippen LogP contribution in [0.4, 0.5) is 10.5 Å². The summed E-state index contributed by atoms with van der Waals surface area (Å²) in [4.78, 5) is 11.8. The largest absolute Gasteiger partial charge is 0.495 e. The first-order chi connectivity index (χ1) is 8.23. The maximum absolute atomic E-state index is 11.8. The van der Waals surface area contributed by atoms with Gasteiger partial charge in [-0.2, -0.15) is 0 Å². The molecule has 0 unspecified atom stereocenters. The molecule has 0 aromatic heterocycles. The Balaban J connectivity index is 2.90. The van der Waals surface area contributed by atoms with E-state index in [4.69, 9.17) is 16.3 Å². The highest BCUT2D eigenvalue weighted by Gasteiger charge is 2.15. The number of amides is 2. The smallest absolute Gasteiger partial charge is 0.319 e. The van der Waals surface area contributed by atoms with Gasteiger partial charge in [-0.05, 0) is 45.4 Å². The van der Waals surface area contributed by atoms with Gasteiger partial charge in [-0.15, -0.1) is 0 Å². The van der Waals surface area contributed by atoms with Crippen LogP contribution in [0, 0.1) is 6.92 Å². The molecule has 0 saturated heterocycles.